The molecule has 9 heteroatoms. The summed E-state index contributed by atoms with van der Waals surface area (Å²) in [5.41, 5.74) is 1.64. The highest BCUT2D eigenvalue weighted by Gasteiger charge is 2.38. The molecule has 0 bridgehead atoms. The van der Waals surface area contributed by atoms with Crippen LogP contribution in [0.15, 0.2) is 47.6 Å². The summed E-state index contributed by atoms with van der Waals surface area (Å²) in [5, 5.41) is 5.92. The molecule has 1 aliphatic heterocycles. The van der Waals surface area contributed by atoms with E-state index in [1.54, 1.807) is 51.7 Å². The molecule has 4 rings (SSSR count). The van der Waals surface area contributed by atoms with Crippen molar-refractivity contribution >= 4 is 17.5 Å². The molecule has 0 N–H and O–H groups in total. The van der Waals surface area contributed by atoms with Gasteiger partial charge in [-0.05, 0) is 31.0 Å². The third-order valence-electron chi connectivity index (χ3n) is 6.28. The lowest BCUT2D eigenvalue weighted by molar-refractivity contribution is -0.142. The topological polar surface area (TPSA) is 80.7 Å². The summed E-state index contributed by atoms with van der Waals surface area (Å²) in [5.74, 6) is 0.260. The van der Waals surface area contributed by atoms with E-state index in [0.29, 0.717) is 47.9 Å². The summed E-state index contributed by atoms with van der Waals surface area (Å²) >= 11 is 0. The molecule has 0 unspecified atom stereocenters. The van der Waals surface area contributed by atoms with Gasteiger partial charge in [0.05, 0.1) is 32.6 Å². The van der Waals surface area contributed by atoms with E-state index in [0.717, 1.165) is 12.8 Å². The number of methoxy groups -OCH3 is 3. The summed E-state index contributed by atoms with van der Waals surface area (Å²) in [6.07, 6.45) is 1.96. The van der Waals surface area contributed by atoms with Gasteiger partial charge in [0.15, 0.2) is 0 Å². The summed E-state index contributed by atoms with van der Waals surface area (Å²) in [4.78, 5) is 27.8. The molecular weight excluding hydrogens is 453 g/mol. The van der Waals surface area contributed by atoms with Crippen LogP contribution < -0.4 is 9.47 Å². The molecule has 35 heavy (non-hydrogen) atoms. The molecule has 1 aliphatic carbocycles. The first-order chi connectivity index (χ1) is 17.0. The molecule has 8 nitrogen and oxygen atoms in total. The highest BCUT2D eigenvalue weighted by molar-refractivity contribution is 6.05. The number of nitrogens with zero attached hydrogens (tertiary/aromatic N) is 3. The van der Waals surface area contributed by atoms with Crippen molar-refractivity contribution in [1.82, 2.24) is 9.91 Å². The van der Waals surface area contributed by atoms with Gasteiger partial charge in [-0.15, -0.1) is 0 Å². The Balaban J connectivity index is 1.66. The molecule has 1 heterocycles. The standard InChI is InChI=1S/C26H30FN3O5/c1-33-13-12-29(26(32)17-8-9-17)16-25(31)30-23(19-6-4-5-7-21(19)27)15-22(28-30)20-11-10-18(34-2)14-24(20)35-3/h4-7,10-11,14,17,23H,8-9,12-13,15-16H2,1-3H3/t23-/m1/s1. The Labute approximate surface area is 204 Å². The molecule has 1 saturated carbocycles. The van der Waals surface area contributed by atoms with Gasteiger partial charge in [-0.2, -0.15) is 5.10 Å². The van der Waals surface area contributed by atoms with Gasteiger partial charge in [0, 0.05) is 43.2 Å². The first-order valence-corrected chi connectivity index (χ1v) is 11.6. The minimum atomic E-state index is -0.647. The Bertz CT molecular complexity index is 1120. The van der Waals surface area contributed by atoms with E-state index >= 15 is 0 Å². The van der Waals surface area contributed by atoms with Crippen LogP contribution in [0.1, 0.15) is 36.4 Å². The number of ether oxygens (including phenoxy) is 3. The van der Waals surface area contributed by atoms with E-state index in [9.17, 15) is 14.0 Å². The van der Waals surface area contributed by atoms with Gasteiger partial charge in [-0.1, -0.05) is 18.2 Å². The van der Waals surface area contributed by atoms with Crippen LogP contribution in [0.5, 0.6) is 11.5 Å². The molecule has 2 amide bonds. The van der Waals surface area contributed by atoms with Crippen LogP contribution in [0.3, 0.4) is 0 Å². The van der Waals surface area contributed by atoms with E-state index in [1.807, 2.05) is 6.07 Å². The molecule has 0 radical (unpaired) electrons. The molecule has 0 saturated heterocycles. The van der Waals surface area contributed by atoms with Crippen LogP contribution in [-0.4, -0.2) is 68.5 Å². The van der Waals surface area contributed by atoms with Gasteiger partial charge in [0.1, 0.15) is 23.9 Å². The average Bonchev–Trinajstić information content (AvgIpc) is 3.64. The van der Waals surface area contributed by atoms with Gasteiger partial charge >= 0.3 is 0 Å². The first-order valence-electron chi connectivity index (χ1n) is 11.6. The molecule has 1 fully saturated rings. The number of benzene rings is 2. The number of carbonyl (C=O) groups is 2. The zero-order valence-corrected chi connectivity index (χ0v) is 20.2. The summed E-state index contributed by atoms with van der Waals surface area (Å²) in [6.45, 7) is 0.471. The van der Waals surface area contributed by atoms with Crippen molar-refractivity contribution in [3.8, 4) is 11.5 Å². The van der Waals surface area contributed by atoms with Crippen LogP contribution >= 0.6 is 0 Å². The van der Waals surface area contributed by atoms with Gasteiger partial charge in [-0.25, -0.2) is 9.40 Å². The first kappa shape index (κ1) is 24.7. The molecule has 1 atom stereocenters. The molecule has 2 aromatic rings. The van der Waals surface area contributed by atoms with Crippen molar-refractivity contribution < 1.29 is 28.2 Å². The Morgan fingerprint density at radius 3 is 2.54 bits per heavy atom. The fourth-order valence-electron chi connectivity index (χ4n) is 4.22. The van der Waals surface area contributed by atoms with Crippen molar-refractivity contribution in [3.05, 3.63) is 59.4 Å². The van der Waals surface area contributed by atoms with Gasteiger partial charge in [0.25, 0.3) is 5.91 Å². The largest absolute Gasteiger partial charge is 0.497 e. The summed E-state index contributed by atoms with van der Waals surface area (Å²) in [7, 11) is 4.66. The van der Waals surface area contributed by atoms with Crippen molar-refractivity contribution in [3.63, 3.8) is 0 Å². The predicted molar refractivity (Wildman–Crippen MR) is 128 cm³/mol. The van der Waals surface area contributed by atoms with Crippen molar-refractivity contribution in [2.75, 3.05) is 41.0 Å². The molecule has 0 spiro atoms. The monoisotopic (exact) mass is 483 g/mol. The Hall–Kier alpha value is -3.46. The van der Waals surface area contributed by atoms with Crippen LogP contribution in [0.2, 0.25) is 0 Å². The van der Waals surface area contributed by atoms with E-state index in [4.69, 9.17) is 14.2 Å². The second kappa shape index (κ2) is 10.9. The zero-order valence-electron chi connectivity index (χ0n) is 20.2. The number of amides is 2. The Morgan fingerprint density at radius 2 is 1.89 bits per heavy atom. The SMILES string of the molecule is COCCN(CC(=O)N1N=C(c2ccc(OC)cc2OC)C[C@@H]1c1ccccc1F)C(=O)C1CC1. The maximum atomic E-state index is 14.8. The molecule has 2 aromatic carbocycles. The normalized spacial score (nSPS) is 17.2. The quantitative estimate of drug-likeness (QED) is 0.518. The number of rotatable bonds is 10. The van der Waals surface area contributed by atoms with Crippen LogP contribution in [0.4, 0.5) is 4.39 Å². The summed E-state index contributed by atoms with van der Waals surface area (Å²) < 4.78 is 30.8. The fraction of sp³-hybridized carbons (Fsp3) is 0.423. The second-order valence-electron chi connectivity index (χ2n) is 8.62. The summed E-state index contributed by atoms with van der Waals surface area (Å²) in [6, 6.07) is 11.0. The number of hydrazone groups is 1. The molecule has 186 valence electrons. The minimum Gasteiger partial charge on any atom is -0.497 e. The van der Waals surface area contributed by atoms with Crippen LogP contribution in [0.25, 0.3) is 0 Å². The third kappa shape index (κ3) is 5.45. The highest BCUT2D eigenvalue weighted by atomic mass is 19.1. The van der Waals surface area contributed by atoms with Gasteiger partial charge in [0.2, 0.25) is 5.91 Å². The van der Waals surface area contributed by atoms with Gasteiger partial charge < -0.3 is 19.1 Å². The van der Waals surface area contributed by atoms with Crippen LogP contribution in [-0.2, 0) is 14.3 Å². The lowest BCUT2D eigenvalue weighted by atomic mass is 9.97. The highest BCUT2D eigenvalue weighted by Crippen LogP contribution is 2.37. The molecular formula is C26H30FN3O5. The Morgan fingerprint density at radius 1 is 1.11 bits per heavy atom. The van der Waals surface area contributed by atoms with E-state index < -0.39 is 11.9 Å². The molecule has 2 aliphatic rings. The van der Waals surface area contributed by atoms with Crippen molar-refractivity contribution in [2.24, 2.45) is 11.0 Å². The number of halogens is 1. The zero-order chi connectivity index (χ0) is 24.9. The van der Waals surface area contributed by atoms with E-state index in [1.165, 1.54) is 16.0 Å². The maximum absolute atomic E-state index is 14.8. The fourth-order valence-corrected chi connectivity index (χ4v) is 4.22. The smallest absolute Gasteiger partial charge is 0.262 e. The minimum absolute atomic E-state index is 0.0387. The van der Waals surface area contributed by atoms with Crippen LogP contribution in [0, 0.1) is 11.7 Å². The lowest BCUT2D eigenvalue weighted by Gasteiger charge is -2.27. The van der Waals surface area contributed by atoms with Gasteiger partial charge in [-0.3, -0.25) is 9.59 Å². The Kier molecular flexibility index (Phi) is 7.65. The predicted octanol–water partition coefficient (Wildman–Crippen LogP) is 3.41. The number of carbonyl (C=O) groups excluding carboxylic acids is 2. The lowest BCUT2D eigenvalue weighted by Crippen LogP contribution is -2.43. The average molecular weight is 484 g/mol. The maximum Gasteiger partial charge on any atom is 0.262 e. The van der Waals surface area contributed by atoms with Crippen molar-refractivity contribution in [1.29, 1.82) is 0 Å². The van der Waals surface area contributed by atoms with Crippen molar-refractivity contribution in [2.45, 2.75) is 25.3 Å². The van der Waals surface area contributed by atoms with E-state index in [-0.39, 0.29) is 24.3 Å². The number of hydrogen-bond acceptors (Lipinski definition) is 6. The third-order valence-corrected chi connectivity index (χ3v) is 6.28. The number of hydrogen-bond donors (Lipinski definition) is 0. The van der Waals surface area contributed by atoms with E-state index in [2.05, 4.69) is 5.10 Å². The molecule has 0 aromatic heterocycles. The second-order valence-corrected chi connectivity index (χ2v) is 8.62.